The number of amides is 1. The number of piperidine rings is 1. The van der Waals surface area contributed by atoms with Crippen LogP contribution in [0.2, 0.25) is 0 Å². The van der Waals surface area contributed by atoms with Crippen LogP contribution in [0.1, 0.15) is 38.5 Å². The van der Waals surface area contributed by atoms with Gasteiger partial charge < -0.3 is 20.4 Å². The Morgan fingerprint density at radius 3 is 2.50 bits per heavy atom. The molecule has 154 valence electrons. The topological polar surface area (TPSA) is 72.9 Å². The molecule has 1 aromatic heterocycles. The van der Waals surface area contributed by atoms with Gasteiger partial charge in [0.05, 0.1) is 0 Å². The number of guanidine groups is 1. The van der Waals surface area contributed by atoms with Crippen LogP contribution in [-0.4, -0.2) is 68.1 Å². The van der Waals surface area contributed by atoms with Crippen LogP contribution in [0, 0.1) is 5.92 Å². The van der Waals surface area contributed by atoms with E-state index in [9.17, 15) is 4.79 Å². The molecule has 0 spiro atoms. The van der Waals surface area contributed by atoms with Crippen molar-refractivity contribution in [2.75, 3.05) is 45.2 Å². The highest BCUT2D eigenvalue weighted by Crippen LogP contribution is 2.22. The van der Waals surface area contributed by atoms with Crippen molar-refractivity contribution >= 4 is 17.6 Å². The molecule has 3 rings (SSSR count). The largest absolute Gasteiger partial charge is 0.371 e. The predicted molar refractivity (Wildman–Crippen MR) is 114 cm³/mol. The van der Waals surface area contributed by atoms with E-state index in [2.05, 4.69) is 37.6 Å². The second-order valence-corrected chi connectivity index (χ2v) is 8.10. The number of hydrogen-bond donors (Lipinski definition) is 2. The van der Waals surface area contributed by atoms with Crippen molar-refractivity contribution in [2.24, 2.45) is 10.9 Å². The van der Waals surface area contributed by atoms with Gasteiger partial charge in [-0.2, -0.15) is 0 Å². The number of hydrogen-bond acceptors (Lipinski definition) is 4. The van der Waals surface area contributed by atoms with Gasteiger partial charge in [-0.05, 0) is 43.7 Å². The molecule has 0 atom stereocenters. The molecule has 0 unspecified atom stereocenters. The summed E-state index contributed by atoms with van der Waals surface area (Å²) in [5.74, 6) is 1.44. The summed E-state index contributed by atoms with van der Waals surface area (Å²) >= 11 is 0. The minimum Gasteiger partial charge on any atom is -0.371 e. The molecular formula is C21H34N6O. The smallest absolute Gasteiger partial charge is 0.243 e. The van der Waals surface area contributed by atoms with E-state index in [1.165, 1.54) is 31.4 Å². The molecule has 2 N–H and O–H groups in total. The molecule has 1 saturated carbocycles. The molecule has 1 amide bonds. The number of nitrogens with zero attached hydrogens (tertiary/aromatic N) is 4. The zero-order valence-electron chi connectivity index (χ0n) is 17.2. The van der Waals surface area contributed by atoms with Gasteiger partial charge in [-0.3, -0.25) is 9.78 Å². The number of carbonyl (C=O) groups excluding carboxylic acids is 1. The summed E-state index contributed by atoms with van der Waals surface area (Å²) in [5.41, 5.74) is 1.26. The molecule has 1 aliphatic carbocycles. The summed E-state index contributed by atoms with van der Waals surface area (Å²) in [5, 5.41) is 7.04. The molecule has 0 bridgehead atoms. The van der Waals surface area contributed by atoms with Gasteiger partial charge in [0.15, 0.2) is 5.96 Å². The van der Waals surface area contributed by atoms with Gasteiger partial charge in [0.2, 0.25) is 5.91 Å². The quantitative estimate of drug-likeness (QED) is 0.577. The van der Waals surface area contributed by atoms with E-state index in [1.54, 1.807) is 19.0 Å². The maximum absolute atomic E-state index is 11.9. The molecule has 0 aromatic carbocycles. The van der Waals surface area contributed by atoms with Gasteiger partial charge in [0.25, 0.3) is 0 Å². The highest BCUT2D eigenvalue weighted by molar-refractivity contribution is 5.84. The molecular weight excluding hydrogens is 352 g/mol. The first-order valence-corrected chi connectivity index (χ1v) is 10.5. The van der Waals surface area contributed by atoms with Crippen LogP contribution >= 0.6 is 0 Å². The zero-order chi connectivity index (χ0) is 19.8. The maximum atomic E-state index is 11.9. The van der Waals surface area contributed by atoms with Crippen LogP contribution in [-0.2, 0) is 4.79 Å². The summed E-state index contributed by atoms with van der Waals surface area (Å²) < 4.78 is 0. The lowest BCUT2D eigenvalue weighted by molar-refractivity contribution is -0.127. The Kier molecular flexibility index (Phi) is 7.51. The van der Waals surface area contributed by atoms with Crippen molar-refractivity contribution < 1.29 is 4.79 Å². The Bertz CT molecular complexity index is 634. The van der Waals surface area contributed by atoms with E-state index in [0.29, 0.717) is 12.0 Å². The molecule has 2 aliphatic rings. The first kappa shape index (κ1) is 20.4. The number of anilines is 1. The Balaban J connectivity index is 1.48. The zero-order valence-corrected chi connectivity index (χ0v) is 17.2. The molecule has 7 heteroatoms. The fourth-order valence-electron chi connectivity index (χ4n) is 3.90. The highest BCUT2D eigenvalue weighted by atomic mass is 16.2. The molecule has 0 radical (unpaired) electrons. The number of likely N-dealkylation sites (N-methyl/N-ethyl adjacent to an activating group) is 1. The lowest BCUT2D eigenvalue weighted by atomic mass is 9.96. The highest BCUT2D eigenvalue weighted by Gasteiger charge is 2.21. The lowest BCUT2D eigenvalue weighted by Crippen LogP contribution is -2.46. The Morgan fingerprint density at radius 1 is 1.18 bits per heavy atom. The van der Waals surface area contributed by atoms with Crippen LogP contribution in [0.25, 0.3) is 0 Å². The van der Waals surface area contributed by atoms with E-state index in [4.69, 9.17) is 0 Å². The number of aromatic nitrogens is 1. The third-order valence-corrected chi connectivity index (χ3v) is 5.77. The Hall–Kier alpha value is -2.31. The maximum Gasteiger partial charge on any atom is 0.243 e. The molecule has 7 nitrogen and oxygen atoms in total. The van der Waals surface area contributed by atoms with Gasteiger partial charge in [-0.1, -0.05) is 12.8 Å². The summed E-state index contributed by atoms with van der Waals surface area (Å²) in [6, 6.07) is 4.64. The monoisotopic (exact) mass is 386 g/mol. The van der Waals surface area contributed by atoms with Crippen molar-refractivity contribution in [3.8, 4) is 0 Å². The average Bonchev–Trinajstić information content (AvgIpc) is 3.24. The Morgan fingerprint density at radius 2 is 1.86 bits per heavy atom. The van der Waals surface area contributed by atoms with Crippen LogP contribution in [0.3, 0.4) is 0 Å². The number of carbonyl (C=O) groups is 1. The summed E-state index contributed by atoms with van der Waals surface area (Å²) in [6.45, 7) is 3.23. The molecule has 28 heavy (non-hydrogen) atoms. The third-order valence-electron chi connectivity index (χ3n) is 5.77. The van der Waals surface area contributed by atoms with Gasteiger partial charge >= 0.3 is 0 Å². The van der Waals surface area contributed by atoms with E-state index in [-0.39, 0.29) is 12.5 Å². The molecule has 2 fully saturated rings. The number of rotatable bonds is 6. The van der Waals surface area contributed by atoms with Gasteiger partial charge in [-0.15, -0.1) is 0 Å². The van der Waals surface area contributed by atoms with Crippen molar-refractivity contribution in [1.29, 1.82) is 0 Å². The SMILES string of the molecule is CN(C)C(=O)CN=C(NCC1CCN(c2ccncc2)CC1)NC1CCCC1. The first-order valence-electron chi connectivity index (χ1n) is 10.5. The predicted octanol–water partition coefficient (Wildman–Crippen LogP) is 1.86. The minimum absolute atomic E-state index is 0.0261. The van der Waals surface area contributed by atoms with Crippen LogP contribution in [0.4, 0.5) is 5.69 Å². The normalized spacial score (nSPS) is 18.9. The van der Waals surface area contributed by atoms with Crippen molar-refractivity contribution in [3.63, 3.8) is 0 Å². The van der Waals surface area contributed by atoms with Crippen LogP contribution < -0.4 is 15.5 Å². The lowest BCUT2D eigenvalue weighted by Gasteiger charge is -2.34. The molecule has 1 saturated heterocycles. The van der Waals surface area contributed by atoms with Crippen molar-refractivity contribution in [2.45, 2.75) is 44.6 Å². The van der Waals surface area contributed by atoms with E-state index in [0.717, 1.165) is 38.4 Å². The van der Waals surface area contributed by atoms with Gasteiger partial charge in [0, 0.05) is 57.9 Å². The van der Waals surface area contributed by atoms with E-state index < -0.39 is 0 Å². The standard InChI is InChI=1S/C21H34N6O/c1-26(2)20(28)16-24-21(25-18-5-3-4-6-18)23-15-17-9-13-27(14-10-17)19-7-11-22-12-8-19/h7-8,11-12,17-18H,3-6,9-10,13-16H2,1-2H3,(H2,23,24,25). The number of aliphatic imine (C=N–C) groups is 1. The summed E-state index contributed by atoms with van der Waals surface area (Å²) in [4.78, 5) is 24.6. The molecule has 2 heterocycles. The summed E-state index contributed by atoms with van der Waals surface area (Å²) in [7, 11) is 3.54. The third kappa shape index (κ3) is 6.11. The second kappa shape index (κ2) is 10.3. The van der Waals surface area contributed by atoms with Crippen LogP contribution in [0.15, 0.2) is 29.5 Å². The van der Waals surface area contributed by atoms with E-state index >= 15 is 0 Å². The number of pyridine rings is 1. The van der Waals surface area contributed by atoms with Gasteiger partial charge in [0.1, 0.15) is 6.54 Å². The van der Waals surface area contributed by atoms with Crippen molar-refractivity contribution in [1.82, 2.24) is 20.5 Å². The minimum atomic E-state index is 0.0261. The molecule has 1 aliphatic heterocycles. The van der Waals surface area contributed by atoms with Crippen molar-refractivity contribution in [3.05, 3.63) is 24.5 Å². The second-order valence-electron chi connectivity index (χ2n) is 8.10. The first-order chi connectivity index (χ1) is 13.6. The molecule has 1 aromatic rings. The van der Waals surface area contributed by atoms with Crippen LogP contribution in [0.5, 0.6) is 0 Å². The fourth-order valence-corrected chi connectivity index (χ4v) is 3.90. The fraction of sp³-hybridized carbons (Fsp3) is 0.667. The summed E-state index contributed by atoms with van der Waals surface area (Å²) in [6.07, 6.45) is 10.9. The Labute approximate surface area is 168 Å². The number of nitrogens with one attached hydrogen (secondary N) is 2. The van der Waals surface area contributed by atoms with Gasteiger partial charge in [-0.25, -0.2) is 4.99 Å². The average molecular weight is 387 g/mol. The van der Waals surface area contributed by atoms with E-state index in [1.807, 2.05) is 12.4 Å².